The van der Waals surface area contributed by atoms with Gasteiger partial charge in [0, 0.05) is 29.4 Å². The quantitative estimate of drug-likeness (QED) is 0.810. The van der Waals surface area contributed by atoms with Crippen molar-refractivity contribution in [2.75, 3.05) is 11.9 Å². The molecule has 1 amide bonds. The largest absolute Gasteiger partial charge is 0.326 e. The first-order valence-corrected chi connectivity index (χ1v) is 7.36. The maximum Gasteiger partial charge on any atom is 0.227 e. The lowest BCUT2D eigenvalue weighted by molar-refractivity contribution is -0.120. The predicted molar refractivity (Wildman–Crippen MR) is 82.8 cm³/mol. The fourth-order valence-corrected chi connectivity index (χ4v) is 2.80. The summed E-state index contributed by atoms with van der Waals surface area (Å²) in [6.07, 6.45) is 3.51. The molecular weight excluding hydrogens is 264 g/mol. The Morgan fingerprint density at radius 1 is 1.38 bits per heavy atom. The second-order valence-corrected chi connectivity index (χ2v) is 5.62. The summed E-state index contributed by atoms with van der Waals surface area (Å²) in [4.78, 5) is 12.4. The third kappa shape index (κ3) is 3.31. The third-order valence-electron chi connectivity index (χ3n) is 3.94. The number of hydrogen-bond acceptors (Lipinski definition) is 3. The number of H-pyrrole nitrogens is 1. The molecule has 1 aromatic carbocycles. The number of nitrogens with zero attached hydrogens (tertiary/aromatic N) is 1. The molecule has 0 bridgehead atoms. The summed E-state index contributed by atoms with van der Waals surface area (Å²) in [5, 5.41) is 13.3. The van der Waals surface area contributed by atoms with Crippen LogP contribution in [0.5, 0.6) is 0 Å². The predicted octanol–water partition coefficient (Wildman–Crippen LogP) is 2.40. The number of piperidine rings is 1. The number of benzene rings is 1. The van der Waals surface area contributed by atoms with E-state index in [9.17, 15) is 4.79 Å². The highest BCUT2D eigenvalue weighted by atomic mass is 16.1. The van der Waals surface area contributed by atoms with Gasteiger partial charge in [-0.05, 0) is 44.5 Å². The number of carbonyl (C=O) groups excluding carboxylic acids is 1. The summed E-state index contributed by atoms with van der Waals surface area (Å²) in [7, 11) is 0. The number of amides is 1. The number of anilines is 1. The lowest BCUT2D eigenvalue weighted by Crippen LogP contribution is -2.40. The Hall–Kier alpha value is -2.14. The van der Waals surface area contributed by atoms with Crippen LogP contribution in [0.25, 0.3) is 11.3 Å². The van der Waals surface area contributed by atoms with Crippen molar-refractivity contribution >= 4 is 11.6 Å². The van der Waals surface area contributed by atoms with Gasteiger partial charge in [0.15, 0.2) is 0 Å². The molecule has 21 heavy (non-hydrogen) atoms. The maximum absolute atomic E-state index is 12.4. The normalized spacial score (nSPS) is 22.0. The Morgan fingerprint density at radius 2 is 2.29 bits per heavy atom. The molecule has 3 rings (SSSR count). The van der Waals surface area contributed by atoms with Crippen LogP contribution in [0.15, 0.2) is 36.5 Å². The summed E-state index contributed by atoms with van der Waals surface area (Å²) >= 11 is 0. The zero-order valence-corrected chi connectivity index (χ0v) is 12.1. The van der Waals surface area contributed by atoms with Crippen LogP contribution in [0.3, 0.4) is 0 Å². The van der Waals surface area contributed by atoms with Crippen molar-refractivity contribution < 1.29 is 4.79 Å². The van der Waals surface area contributed by atoms with Gasteiger partial charge in [-0.1, -0.05) is 12.1 Å². The van der Waals surface area contributed by atoms with Crippen molar-refractivity contribution in [1.82, 2.24) is 15.5 Å². The number of rotatable bonds is 3. The van der Waals surface area contributed by atoms with Crippen LogP contribution in [0.1, 0.15) is 19.8 Å². The number of aromatic nitrogens is 2. The van der Waals surface area contributed by atoms with E-state index in [1.165, 1.54) is 0 Å². The average Bonchev–Trinajstić information content (AvgIpc) is 3.02. The van der Waals surface area contributed by atoms with E-state index >= 15 is 0 Å². The zero-order valence-electron chi connectivity index (χ0n) is 12.1. The molecule has 0 aliphatic carbocycles. The van der Waals surface area contributed by atoms with Crippen LogP contribution < -0.4 is 10.6 Å². The SMILES string of the molecule is CC1CC(C(=O)Nc2cccc(-c3ccn[nH]3)c2)CCN1. The van der Waals surface area contributed by atoms with Gasteiger partial charge in [-0.25, -0.2) is 0 Å². The second-order valence-electron chi connectivity index (χ2n) is 5.62. The van der Waals surface area contributed by atoms with Crippen LogP contribution in [-0.4, -0.2) is 28.7 Å². The van der Waals surface area contributed by atoms with Gasteiger partial charge >= 0.3 is 0 Å². The van der Waals surface area contributed by atoms with Crippen LogP contribution >= 0.6 is 0 Å². The molecule has 1 aliphatic rings. The van der Waals surface area contributed by atoms with E-state index < -0.39 is 0 Å². The summed E-state index contributed by atoms with van der Waals surface area (Å²) in [6, 6.07) is 10.1. The monoisotopic (exact) mass is 284 g/mol. The lowest BCUT2D eigenvalue weighted by atomic mass is 9.92. The van der Waals surface area contributed by atoms with Gasteiger partial charge in [0.25, 0.3) is 0 Å². The van der Waals surface area contributed by atoms with E-state index in [1.807, 2.05) is 30.3 Å². The minimum absolute atomic E-state index is 0.0945. The molecule has 5 heteroatoms. The molecule has 0 spiro atoms. The van der Waals surface area contributed by atoms with Crippen molar-refractivity contribution in [2.24, 2.45) is 5.92 Å². The van der Waals surface area contributed by atoms with Crippen molar-refractivity contribution in [3.63, 3.8) is 0 Å². The van der Waals surface area contributed by atoms with E-state index in [-0.39, 0.29) is 11.8 Å². The highest BCUT2D eigenvalue weighted by molar-refractivity contribution is 5.93. The second kappa shape index (κ2) is 6.10. The highest BCUT2D eigenvalue weighted by Gasteiger charge is 2.24. The zero-order chi connectivity index (χ0) is 14.7. The van der Waals surface area contributed by atoms with Crippen molar-refractivity contribution in [2.45, 2.75) is 25.8 Å². The van der Waals surface area contributed by atoms with Crippen LogP contribution in [0.2, 0.25) is 0 Å². The Kier molecular flexibility index (Phi) is 4.01. The minimum atomic E-state index is 0.0945. The minimum Gasteiger partial charge on any atom is -0.326 e. The van der Waals surface area contributed by atoms with Crippen LogP contribution in [-0.2, 0) is 4.79 Å². The lowest BCUT2D eigenvalue weighted by Gasteiger charge is -2.27. The number of nitrogens with one attached hydrogen (secondary N) is 3. The molecule has 1 fully saturated rings. The standard InChI is InChI=1S/C16H20N4O/c1-11-9-13(5-7-17-11)16(21)19-14-4-2-3-12(10-14)15-6-8-18-20-15/h2-4,6,8,10-11,13,17H,5,7,9H2,1H3,(H,18,20)(H,19,21). The molecule has 2 atom stereocenters. The first kappa shape index (κ1) is 13.8. The van der Waals surface area contributed by atoms with Crippen LogP contribution in [0, 0.1) is 5.92 Å². The van der Waals surface area contributed by atoms with Crippen LogP contribution in [0.4, 0.5) is 5.69 Å². The first-order valence-electron chi connectivity index (χ1n) is 7.36. The van der Waals surface area contributed by atoms with E-state index in [0.717, 1.165) is 36.3 Å². The summed E-state index contributed by atoms with van der Waals surface area (Å²) < 4.78 is 0. The molecule has 1 aromatic heterocycles. The smallest absolute Gasteiger partial charge is 0.227 e. The molecule has 2 heterocycles. The maximum atomic E-state index is 12.4. The van der Waals surface area contributed by atoms with Gasteiger partial charge in [-0.2, -0.15) is 5.10 Å². The molecule has 0 saturated carbocycles. The molecule has 110 valence electrons. The summed E-state index contributed by atoms with van der Waals surface area (Å²) in [5.74, 6) is 0.210. The van der Waals surface area contributed by atoms with Crippen molar-refractivity contribution in [3.8, 4) is 11.3 Å². The number of carbonyl (C=O) groups is 1. The van der Waals surface area contributed by atoms with Crippen molar-refractivity contribution in [3.05, 3.63) is 36.5 Å². The average molecular weight is 284 g/mol. The summed E-state index contributed by atoms with van der Waals surface area (Å²) in [5.41, 5.74) is 2.80. The Labute approximate surface area is 124 Å². The molecule has 1 aliphatic heterocycles. The van der Waals surface area contributed by atoms with E-state index in [4.69, 9.17) is 0 Å². The highest BCUT2D eigenvalue weighted by Crippen LogP contribution is 2.22. The van der Waals surface area contributed by atoms with E-state index in [2.05, 4.69) is 27.8 Å². The molecule has 5 nitrogen and oxygen atoms in total. The molecule has 2 unspecified atom stereocenters. The summed E-state index contributed by atoms with van der Waals surface area (Å²) in [6.45, 7) is 3.03. The van der Waals surface area contributed by atoms with Gasteiger partial charge in [0.2, 0.25) is 5.91 Å². The van der Waals surface area contributed by atoms with Gasteiger partial charge in [0.1, 0.15) is 0 Å². The molecular formula is C16H20N4O. The number of aromatic amines is 1. The number of hydrogen-bond donors (Lipinski definition) is 3. The molecule has 0 radical (unpaired) electrons. The molecule has 1 saturated heterocycles. The topological polar surface area (TPSA) is 69.8 Å². The van der Waals surface area contributed by atoms with Gasteiger partial charge < -0.3 is 10.6 Å². The Bertz CT molecular complexity index is 608. The first-order chi connectivity index (χ1) is 10.2. The van der Waals surface area contributed by atoms with E-state index in [0.29, 0.717) is 6.04 Å². The van der Waals surface area contributed by atoms with E-state index in [1.54, 1.807) is 6.20 Å². The fourth-order valence-electron chi connectivity index (χ4n) is 2.80. The molecule has 3 N–H and O–H groups in total. The molecule has 2 aromatic rings. The van der Waals surface area contributed by atoms with Gasteiger partial charge in [-0.3, -0.25) is 9.89 Å². The van der Waals surface area contributed by atoms with Crippen molar-refractivity contribution in [1.29, 1.82) is 0 Å². The van der Waals surface area contributed by atoms with Gasteiger partial charge in [0.05, 0.1) is 5.69 Å². The fraction of sp³-hybridized carbons (Fsp3) is 0.375. The Morgan fingerprint density at radius 3 is 3.05 bits per heavy atom. The van der Waals surface area contributed by atoms with Gasteiger partial charge in [-0.15, -0.1) is 0 Å². The Balaban J connectivity index is 1.70. The third-order valence-corrected chi connectivity index (χ3v) is 3.94.